The summed E-state index contributed by atoms with van der Waals surface area (Å²) in [5.41, 5.74) is -0.334. The zero-order valence-corrected chi connectivity index (χ0v) is 12.3. The third-order valence-corrected chi connectivity index (χ3v) is 3.84. The maximum atomic E-state index is 12.0. The first kappa shape index (κ1) is 15.0. The van der Waals surface area contributed by atoms with Gasteiger partial charge in [-0.2, -0.15) is 0 Å². The van der Waals surface area contributed by atoms with Gasteiger partial charge in [0.15, 0.2) is 0 Å². The average molecular weight is 273 g/mol. The molecule has 1 rings (SSSR count). The van der Waals surface area contributed by atoms with Crippen molar-refractivity contribution in [3.63, 3.8) is 0 Å². The van der Waals surface area contributed by atoms with Gasteiger partial charge in [-0.1, -0.05) is 39.3 Å². The Morgan fingerprint density at radius 3 is 2.11 bits per heavy atom. The molecule has 18 heavy (non-hydrogen) atoms. The van der Waals surface area contributed by atoms with Crippen LogP contribution in [0.4, 0.5) is 0 Å². The molecule has 1 heterocycles. The lowest BCUT2D eigenvalue weighted by atomic mass is 9.85. The molecule has 0 aliphatic heterocycles. The molecule has 1 aromatic rings. The van der Waals surface area contributed by atoms with Crippen molar-refractivity contribution in [2.45, 2.75) is 41.2 Å². The molecule has 0 radical (unpaired) electrons. The fraction of sp³-hybridized carbons (Fsp3) is 0.692. The Labute approximate surface area is 112 Å². The van der Waals surface area contributed by atoms with E-state index in [0.29, 0.717) is 23.9 Å². The minimum absolute atomic E-state index is 0.131. The van der Waals surface area contributed by atoms with Crippen LogP contribution in [-0.2, 0) is 6.54 Å². The molecule has 0 atom stereocenters. The molecule has 4 nitrogen and oxygen atoms in total. The number of nitrogens with one attached hydrogen (secondary N) is 1. The summed E-state index contributed by atoms with van der Waals surface area (Å²) in [4.78, 5) is 26.4. The number of aromatic nitrogens is 2. The minimum Gasteiger partial charge on any atom is -0.297 e. The van der Waals surface area contributed by atoms with Crippen LogP contribution in [0.15, 0.2) is 9.59 Å². The fourth-order valence-corrected chi connectivity index (χ4v) is 2.37. The van der Waals surface area contributed by atoms with Crippen LogP contribution in [0.5, 0.6) is 0 Å². The van der Waals surface area contributed by atoms with E-state index < -0.39 is 5.69 Å². The SMILES string of the molecule is Cc1c(Cl)[nH]c(=O)n(CC(C(C)C)C(C)C)c1=O. The van der Waals surface area contributed by atoms with E-state index in [1.165, 1.54) is 4.57 Å². The zero-order valence-electron chi connectivity index (χ0n) is 11.6. The molecule has 5 heteroatoms. The number of rotatable bonds is 4. The molecule has 102 valence electrons. The maximum absolute atomic E-state index is 12.0. The molecule has 0 spiro atoms. The lowest BCUT2D eigenvalue weighted by Gasteiger charge is -2.25. The van der Waals surface area contributed by atoms with Gasteiger partial charge in [-0.15, -0.1) is 0 Å². The van der Waals surface area contributed by atoms with Crippen LogP contribution in [0.25, 0.3) is 0 Å². The largest absolute Gasteiger partial charge is 0.329 e. The standard InChI is InChI=1S/C13H21ClN2O2/c1-7(2)10(8(3)4)6-16-12(17)9(5)11(14)15-13(16)18/h7-8,10H,6H2,1-5H3,(H,15,18). The van der Waals surface area contributed by atoms with Gasteiger partial charge >= 0.3 is 5.69 Å². The van der Waals surface area contributed by atoms with Crippen molar-refractivity contribution in [2.75, 3.05) is 0 Å². The summed E-state index contributed by atoms with van der Waals surface area (Å²) in [7, 11) is 0. The highest BCUT2D eigenvalue weighted by Crippen LogP contribution is 2.21. The van der Waals surface area contributed by atoms with E-state index in [9.17, 15) is 9.59 Å². The van der Waals surface area contributed by atoms with Crippen LogP contribution in [0.2, 0.25) is 5.15 Å². The first-order chi connectivity index (χ1) is 8.25. The van der Waals surface area contributed by atoms with Crippen molar-refractivity contribution in [1.82, 2.24) is 9.55 Å². The summed E-state index contributed by atoms with van der Waals surface area (Å²) in [6.45, 7) is 10.5. The predicted molar refractivity (Wildman–Crippen MR) is 74.2 cm³/mol. The molecule has 0 aromatic carbocycles. The van der Waals surface area contributed by atoms with Gasteiger partial charge in [0.25, 0.3) is 5.56 Å². The molecule has 0 bridgehead atoms. The van der Waals surface area contributed by atoms with Gasteiger partial charge in [0.1, 0.15) is 5.15 Å². The predicted octanol–water partition coefficient (Wildman–Crippen LogP) is 2.43. The number of aromatic amines is 1. The maximum Gasteiger partial charge on any atom is 0.329 e. The van der Waals surface area contributed by atoms with E-state index in [0.717, 1.165) is 0 Å². The quantitative estimate of drug-likeness (QED) is 0.856. The van der Waals surface area contributed by atoms with E-state index >= 15 is 0 Å². The lowest BCUT2D eigenvalue weighted by molar-refractivity contribution is 0.245. The van der Waals surface area contributed by atoms with E-state index in [2.05, 4.69) is 32.7 Å². The van der Waals surface area contributed by atoms with E-state index in [-0.39, 0.29) is 16.6 Å². The Morgan fingerprint density at radius 1 is 1.17 bits per heavy atom. The van der Waals surface area contributed by atoms with Crippen molar-refractivity contribution in [2.24, 2.45) is 17.8 Å². The van der Waals surface area contributed by atoms with Crippen LogP contribution in [0.3, 0.4) is 0 Å². The molecular formula is C13H21ClN2O2. The van der Waals surface area contributed by atoms with Crippen LogP contribution in [-0.4, -0.2) is 9.55 Å². The second-order valence-corrected chi connectivity index (χ2v) is 5.81. The molecule has 0 aliphatic carbocycles. The lowest BCUT2D eigenvalue weighted by Crippen LogP contribution is -2.40. The molecule has 0 saturated heterocycles. The Morgan fingerprint density at radius 2 is 1.67 bits per heavy atom. The van der Waals surface area contributed by atoms with Gasteiger partial charge in [-0.25, -0.2) is 4.79 Å². The third-order valence-electron chi connectivity index (χ3n) is 3.46. The van der Waals surface area contributed by atoms with Crippen molar-refractivity contribution >= 4 is 11.6 Å². The topological polar surface area (TPSA) is 54.9 Å². The van der Waals surface area contributed by atoms with Crippen LogP contribution in [0, 0.1) is 24.7 Å². The third kappa shape index (κ3) is 3.05. The summed E-state index contributed by atoms with van der Waals surface area (Å²) >= 11 is 5.78. The summed E-state index contributed by atoms with van der Waals surface area (Å²) in [5.74, 6) is 1.10. The van der Waals surface area contributed by atoms with Gasteiger partial charge in [-0.05, 0) is 24.7 Å². The molecule has 1 aromatic heterocycles. The number of hydrogen-bond donors (Lipinski definition) is 1. The van der Waals surface area contributed by atoms with E-state index in [4.69, 9.17) is 11.6 Å². The normalized spacial score (nSPS) is 11.8. The number of H-pyrrole nitrogens is 1. The molecule has 0 unspecified atom stereocenters. The van der Waals surface area contributed by atoms with Crippen molar-refractivity contribution in [3.8, 4) is 0 Å². The molecule has 0 amide bonds. The number of hydrogen-bond acceptors (Lipinski definition) is 2. The highest BCUT2D eigenvalue weighted by molar-refractivity contribution is 6.30. The van der Waals surface area contributed by atoms with Gasteiger partial charge < -0.3 is 0 Å². The molecule has 0 saturated carbocycles. The first-order valence-corrected chi connectivity index (χ1v) is 6.62. The highest BCUT2D eigenvalue weighted by Gasteiger charge is 2.20. The number of nitrogens with zero attached hydrogens (tertiary/aromatic N) is 1. The molecule has 0 fully saturated rings. The van der Waals surface area contributed by atoms with Gasteiger partial charge in [-0.3, -0.25) is 14.3 Å². The summed E-state index contributed by atoms with van der Waals surface area (Å²) in [6.07, 6.45) is 0. The van der Waals surface area contributed by atoms with Gasteiger partial charge in [0, 0.05) is 12.1 Å². The van der Waals surface area contributed by atoms with Crippen LogP contribution < -0.4 is 11.2 Å². The van der Waals surface area contributed by atoms with Crippen molar-refractivity contribution in [1.29, 1.82) is 0 Å². The van der Waals surface area contributed by atoms with Crippen molar-refractivity contribution in [3.05, 3.63) is 31.6 Å². The summed E-state index contributed by atoms with van der Waals surface area (Å²) < 4.78 is 1.26. The van der Waals surface area contributed by atoms with Crippen LogP contribution >= 0.6 is 11.6 Å². The molecular weight excluding hydrogens is 252 g/mol. The van der Waals surface area contributed by atoms with Gasteiger partial charge in [0.2, 0.25) is 0 Å². The Balaban J connectivity index is 3.23. The van der Waals surface area contributed by atoms with E-state index in [1.807, 2.05) is 0 Å². The smallest absolute Gasteiger partial charge is 0.297 e. The van der Waals surface area contributed by atoms with Crippen molar-refractivity contribution < 1.29 is 0 Å². The minimum atomic E-state index is -0.429. The summed E-state index contributed by atoms with van der Waals surface area (Å²) in [5, 5.41) is 0.131. The Kier molecular flexibility index (Phi) is 4.79. The zero-order chi connectivity index (χ0) is 14.0. The van der Waals surface area contributed by atoms with Crippen LogP contribution in [0.1, 0.15) is 33.3 Å². The highest BCUT2D eigenvalue weighted by atomic mass is 35.5. The van der Waals surface area contributed by atoms with Gasteiger partial charge in [0.05, 0.1) is 0 Å². The number of halogens is 1. The molecule has 1 N–H and O–H groups in total. The van der Waals surface area contributed by atoms with E-state index in [1.54, 1.807) is 6.92 Å². The summed E-state index contributed by atoms with van der Waals surface area (Å²) in [6, 6.07) is 0. The molecule has 0 aliphatic rings. The Hall–Kier alpha value is -1.03. The fourth-order valence-electron chi connectivity index (χ4n) is 2.21. The monoisotopic (exact) mass is 272 g/mol. The first-order valence-electron chi connectivity index (χ1n) is 6.24. The second-order valence-electron chi connectivity index (χ2n) is 5.44. The average Bonchev–Trinajstić information content (AvgIpc) is 2.25. The second kappa shape index (κ2) is 5.74. The Bertz CT molecular complexity index is 521.